The van der Waals surface area contributed by atoms with E-state index < -0.39 is 0 Å². The van der Waals surface area contributed by atoms with E-state index in [0.717, 1.165) is 10.2 Å². The second-order valence-corrected chi connectivity index (χ2v) is 2.78. The van der Waals surface area contributed by atoms with E-state index in [0.29, 0.717) is 5.82 Å². The van der Waals surface area contributed by atoms with Crippen LogP contribution in [0.5, 0.6) is 0 Å². The highest BCUT2D eigenvalue weighted by molar-refractivity contribution is 9.10. The summed E-state index contributed by atoms with van der Waals surface area (Å²) in [5, 5.41) is 3.36. The quantitative estimate of drug-likeness (QED) is 0.401. The first kappa shape index (κ1) is 8.04. The predicted molar refractivity (Wildman–Crippen MR) is 45.5 cm³/mol. The molecule has 11 heavy (non-hydrogen) atoms. The van der Waals surface area contributed by atoms with Gasteiger partial charge in [0.05, 0.1) is 5.69 Å². The molecule has 1 aromatic rings. The van der Waals surface area contributed by atoms with Crippen molar-refractivity contribution in [2.45, 2.75) is 6.92 Å². The fraction of sp³-hybridized carbons (Fsp3) is 0.167. The molecule has 0 N–H and O–H groups in total. The Hall–Kier alpha value is -1.06. The van der Waals surface area contributed by atoms with Crippen LogP contribution in [0.1, 0.15) is 5.69 Å². The Morgan fingerprint density at radius 3 is 2.91 bits per heavy atom. The van der Waals surface area contributed by atoms with Crippen LogP contribution in [0, 0.1) is 6.92 Å². The molecule has 5 heteroatoms. The number of nitrogens with zero attached hydrogens (tertiary/aromatic N) is 4. The number of rotatable bonds is 1. The first-order valence-corrected chi connectivity index (χ1v) is 3.71. The first-order valence-electron chi connectivity index (χ1n) is 2.92. The summed E-state index contributed by atoms with van der Waals surface area (Å²) in [6.45, 7) is 1.83. The van der Waals surface area contributed by atoms with Crippen LogP contribution in [0.15, 0.2) is 21.7 Å². The number of pyridine rings is 1. The fourth-order valence-electron chi connectivity index (χ4n) is 0.632. The second-order valence-electron chi connectivity index (χ2n) is 1.93. The van der Waals surface area contributed by atoms with Crippen LogP contribution in [0.25, 0.3) is 10.4 Å². The number of azide groups is 1. The van der Waals surface area contributed by atoms with Gasteiger partial charge in [0, 0.05) is 9.38 Å². The molecule has 0 atom stereocenters. The van der Waals surface area contributed by atoms with Gasteiger partial charge in [0.1, 0.15) is 5.82 Å². The van der Waals surface area contributed by atoms with Crippen LogP contribution in [0.2, 0.25) is 0 Å². The lowest BCUT2D eigenvalue weighted by molar-refractivity contribution is 1.15. The van der Waals surface area contributed by atoms with Crippen molar-refractivity contribution in [3.63, 3.8) is 0 Å². The maximum atomic E-state index is 8.09. The molecule has 0 saturated heterocycles. The molecule has 4 nitrogen and oxygen atoms in total. The summed E-state index contributed by atoms with van der Waals surface area (Å²) in [4.78, 5) is 6.62. The Balaban J connectivity index is 3.14. The van der Waals surface area contributed by atoms with Gasteiger partial charge in [0.15, 0.2) is 0 Å². The predicted octanol–water partition coefficient (Wildman–Crippen LogP) is 3.09. The lowest BCUT2D eigenvalue weighted by Gasteiger charge is -1.95. The molecule has 0 aliphatic heterocycles. The van der Waals surface area contributed by atoms with Crippen molar-refractivity contribution in [3.8, 4) is 0 Å². The van der Waals surface area contributed by atoms with E-state index in [1.807, 2.05) is 6.92 Å². The van der Waals surface area contributed by atoms with Crippen LogP contribution in [-0.4, -0.2) is 4.98 Å². The van der Waals surface area contributed by atoms with Crippen molar-refractivity contribution in [1.82, 2.24) is 4.98 Å². The Morgan fingerprint density at radius 1 is 1.64 bits per heavy atom. The molecule has 0 spiro atoms. The van der Waals surface area contributed by atoms with Gasteiger partial charge < -0.3 is 0 Å². The molecule has 56 valence electrons. The second kappa shape index (κ2) is 3.37. The molecule has 0 unspecified atom stereocenters. The standard InChI is InChI=1S/C6H5BrN4/c1-4-5(7)2-3-6(9-4)10-11-8/h2-3H,1H3. The molecular weight excluding hydrogens is 208 g/mol. The number of halogens is 1. The molecule has 0 aromatic carbocycles. The summed E-state index contributed by atoms with van der Waals surface area (Å²) < 4.78 is 0.911. The van der Waals surface area contributed by atoms with Crippen LogP contribution >= 0.6 is 15.9 Å². The average molecular weight is 213 g/mol. The van der Waals surface area contributed by atoms with Crippen LogP contribution < -0.4 is 0 Å². The van der Waals surface area contributed by atoms with Gasteiger partial charge in [-0.25, -0.2) is 0 Å². The van der Waals surface area contributed by atoms with Crippen LogP contribution in [0.4, 0.5) is 5.82 Å². The Labute approximate surface area is 72.0 Å². The number of aryl methyl sites for hydroxylation is 1. The van der Waals surface area contributed by atoms with Gasteiger partial charge in [0.2, 0.25) is 0 Å². The van der Waals surface area contributed by atoms with Gasteiger partial charge in [-0.05, 0) is 45.6 Å². The van der Waals surface area contributed by atoms with Crippen molar-refractivity contribution >= 4 is 21.7 Å². The lowest BCUT2D eigenvalue weighted by atomic mass is 10.4. The third-order valence-electron chi connectivity index (χ3n) is 1.15. The zero-order valence-corrected chi connectivity index (χ0v) is 7.41. The van der Waals surface area contributed by atoms with E-state index >= 15 is 0 Å². The van der Waals surface area contributed by atoms with Crippen molar-refractivity contribution in [1.29, 1.82) is 0 Å². The van der Waals surface area contributed by atoms with Gasteiger partial charge in [-0.3, -0.25) is 4.98 Å². The molecule has 0 saturated carbocycles. The summed E-state index contributed by atoms with van der Waals surface area (Å²) >= 11 is 3.28. The summed E-state index contributed by atoms with van der Waals surface area (Å²) in [5.41, 5.74) is 8.90. The summed E-state index contributed by atoms with van der Waals surface area (Å²) in [5.74, 6) is 0.396. The van der Waals surface area contributed by atoms with Gasteiger partial charge in [0.25, 0.3) is 0 Å². The molecule has 1 aromatic heterocycles. The normalized spacial score (nSPS) is 8.91. The average Bonchev–Trinajstić information content (AvgIpc) is 1.98. The highest BCUT2D eigenvalue weighted by Gasteiger charge is 1.95. The van der Waals surface area contributed by atoms with Crippen molar-refractivity contribution < 1.29 is 0 Å². The zero-order valence-electron chi connectivity index (χ0n) is 5.82. The number of aromatic nitrogens is 1. The summed E-state index contributed by atoms with van der Waals surface area (Å²) in [6, 6.07) is 3.45. The van der Waals surface area contributed by atoms with Crippen molar-refractivity contribution in [3.05, 3.63) is 32.7 Å². The SMILES string of the molecule is Cc1nc(N=[N+]=[N-])ccc1Br. The molecule has 1 heterocycles. The van der Waals surface area contributed by atoms with E-state index in [2.05, 4.69) is 30.9 Å². The molecule has 1 rings (SSSR count). The van der Waals surface area contributed by atoms with Crippen molar-refractivity contribution in [2.75, 3.05) is 0 Å². The number of hydrogen-bond acceptors (Lipinski definition) is 2. The van der Waals surface area contributed by atoms with E-state index in [9.17, 15) is 0 Å². The molecule has 0 aliphatic carbocycles. The van der Waals surface area contributed by atoms with Gasteiger partial charge in [-0.2, -0.15) is 0 Å². The van der Waals surface area contributed by atoms with Gasteiger partial charge in [-0.1, -0.05) is 0 Å². The molecule has 0 fully saturated rings. The van der Waals surface area contributed by atoms with E-state index in [4.69, 9.17) is 5.53 Å². The highest BCUT2D eigenvalue weighted by Crippen LogP contribution is 2.17. The minimum absolute atomic E-state index is 0.396. The summed E-state index contributed by atoms with van der Waals surface area (Å²) in [7, 11) is 0. The van der Waals surface area contributed by atoms with E-state index in [1.165, 1.54) is 0 Å². The molecular formula is C6H5BrN4. The van der Waals surface area contributed by atoms with Gasteiger partial charge in [-0.15, -0.1) is 0 Å². The minimum atomic E-state index is 0.396. The highest BCUT2D eigenvalue weighted by atomic mass is 79.9. The first-order chi connectivity index (χ1) is 5.24. The minimum Gasteiger partial charge on any atom is -0.250 e. The molecule has 0 aliphatic rings. The van der Waals surface area contributed by atoms with E-state index in [-0.39, 0.29) is 0 Å². The van der Waals surface area contributed by atoms with Crippen LogP contribution in [0.3, 0.4) is 0 Å². The molecule has 0 bridgehead atoms. The largest absolute Gasteiger partial charge is 0.250 e. The topological polar surface area (TPSA) is 61.7 Å². The van der Waals surface area contributed by atoms with Crippen LogP contribution in [-0.2, 0) is 0 Å². The van der Waals surface area contributed by atoms with E-state index in [1.54, 1.807) is 12.1 Å². The van der Waals surface area contributed by atoms with Gasteiger partial charge >= 0.3 is 0 Å². The maximum Gasteiger partial charge on any atom is 0.127 e. The monoisotopic (exact) mass is 212 g/mol. The lowest BCUT2D eigenvalue weighted by Crippen LogP contribution is -1.80. The van der Waals surface area contributed by atoms with Crippen molar-refractivity contribution in [2.24, 2.45) is 5.11 Å². The fourth-order valence-corrected chi connectivity index (χ4v) is 0.853. The summed E-state index contributed by atoms with van der Waals surface area (Å²) in [6.07, 6.45) is 0. The Kier molecular flexibility index (Phi) is 2.46. The molecule has 0 amide bonds. The zero-order chi connectivity index (χ0) is 8.27. The third kappa shape index (κ3) is 1.93. The Bertz CT molecular complexity index is 316. The third-order valence-corrected chi connectivity index (χ3v) is 1.99. The Morgan fingerprint density at radius 2 is 2.36 bits per heavy atom. The number of hydrogen-bond donors (Lipinski definition) is 0. The molecule has 0 radical (unpaired) electrons. The smallest absolute Gasteiger partial charge is 0.127 e. The maximum absolute atomic E-state index is 8.09.